The van der Waals surface area contributed by atoms with Crippen LogP contribution < -0.4 is 10.1 Å². The number of nitrogens with one attached hydrogen (secondary N) is 1. The molecular formula is C18H23NO2. The molecule has 0 amide bonds. The van der Waals surface area contributed by atoms with E-state index in [1.807, 2.05) is 7.05 Å². The molecule has 3 nitrogen and oxygen atoms in total. The summed E-state index contributed by atoms with van der Waals surface area (Å²) in [5, 5.41) is 12.5. The fourth-order valence-electron chi connectivity index (χ4n) is 2.45. The summed E-state index contributed by atoms with van der Waals surface area (Å²) in [5.41, 5.74) is 3.63. The van der Waals surface area contributed by atoms with Gasteiger partial charge in [0.05, 0.1) is 0 Å². The number of hydrogen-bond donors (Lipinski definition) is 2. The highest BCUT2D eigenvalue weighted by molar-refractivity contribution is 5.46. The quantitative estimate of drug-likeness (QED) is 0.790. The summed E-state index contributed by atoms with van der Waals surface area (Å²) in [4.78, 5) is 0. The summed E-state index contributed by atoms with van der Waals surface area (Å²) in [6.45, 7) is 5.18. The Morgan fingerprint density at radius 3 is 2.24 bits per heavy atom. The van der Waals surface area contributed by atoms with E-state index < -0.39 is 0 Å². The highest BCUT2D eigenvalue weighted by Gasteiger charge is 2.08. The van der Waals surface area contributed by atoms with Gasteiger partial charge < -0.3 is 15.2 Å². The van der Waals surface area contributed by atoms with Gasteiger partial charge in [0.1, 0.15) is 17.2 Å². The molecule has 2 rings (SSSR count). The minimum atomic E-state index is 0.246. The molecular weight excluding hydrogens is 262 g/mol. The molecule has 0 spiro atoms. The monoisotopic (exact) mass is 285 g/mol. The molecule has 0 radical (unpaired) electrons. The number of hydrogen-bond acceptors (Lipinski definition) is 3. The first-order valence-electron chi connectivity index (χ1n) is 7.32. The zero-order valence-corrected chi connectivity index (χ0v) is 12.9. The lowest BCUT2D eigenvalue weighted by molar-refractivity contribution is 0.461. The van der Waals surface area contributed by atoms with Crippen molar-refractivity contribution < 1.29 is 9.84 Å². The van der Waals surface area contributed by atoms with E-state index in [-0.39, 0.29) is 5.75 Å². The molecule has 0 heterocycles. The molecule has 0 aliphatic carbocycles. The van der Waals surface area contributed by atoms with Gasteiger partial charge in [0.2, 0.25) is 0 Å². The first-order valence-corrected chi connectivity index (χ1v) is 7.32. The van der Waals surface area contributed by atoms with Gasteiger partial charge in [-0.05, 0) is 81.2 Å². The third-order valence-corrected chi connectivity index (χ3v) is 3.47. The molecule has 0 atom stereocenters. The second-order valence-corrected chi connectivity index (χ2v) is 5.36. The average molecular weight is 285 g/mol. The number of benzene rings is 2. The van der Waals surface area contributed by atoms with Crippen molar-refractivity contribution in [3.8, 4) is 17.2 Å². The van der Waals surface area contributed by atoms with Crippen LogP contribution in [0.4, 0.5) is 0 Å². The van der Waals surface area contributed by atoms with E-state index in [4.69, 9.17) is 4.74 Å². The van der Waals surface area contributed by atoms with Gasteiger partial charge in [-0.15, -0.1) is 0 Å². The van der Waals surface area contributed by atoms with Crippen molar-refractivity contribution in [2.75, 3.05) is 13.6 Å². The maximum absolute atomic E-state index is 9.31. The van der Waals surface area contributed by atoms with E-state index in [9.17, 15) is 5.11 Å². The fraction of sp³-hybridized carbons (Fsp3) is 0.333. The lowest BCUT2D eigenvalue weighted by Gasteiger charge is -2.14. The number of phenols is 1. The molecule has 0 aliphatic rings. The molecule has 3 heteroatoms. The molecule has 0 unspecified atom stereocenters. The van der Waals surface area contributed by atoms with Crippen molar-refractivity contribution in [1.82, 2.24) is 5.32 Å². The van der Waals surface area contributed by atoms with Crippen LogP contribution in [-0.4, -0.2) is 18.7 Å². The van der Waals surface area contributed by atoms with E-state index in [1.54, 1.807) is 24.3 Å². The first-order chi connectivity index (χ1) is 10.1. The number of rotatable bonds is 6. The first kappa shape index (κ1) is 15.4. The van der Waals surface area contributed by atoms with E-state index in [1.165, 1.54) is 5.56 Å². The number of ether oxygens (including phenoxy) is 1. The smallest absolute Gasteiger partial charge is 0.133 e. The van der Waals surface area contributed by atoms with Gasteiger partial charge >= 0.3 is 0 Å². The standard InChI is InChI=1S/C18H23NO2/c1-13-11-15(5-4-10-19-3)12-14(2)18(13)21-17-8-6-16(20)7-9-17/h6-9,11-12,19-20H,4-5,10H2,1-3H3. The highest BCUT2D eigenvalue weighted by atomic mass is 16.5. The average Bonchev–Trinajstić information content (AvgIpc) is 2.45. The summed E-state index contributed by atoms with van der Waals surface area (Å²) in [6, 6.07) is 11.2. The lowest BCUT2D eigenvalue weighted by Crippen LogP contribution is -2.08. The Hall–Kier alpha value is -2.00. The number of phenolic OH excluding ortho intramolecular Hbond substituents is 1. The summed E-state index contributed by atoms with van der Waals surface area (Å²) in [6.07, 6.45) is 2.20. The Balaban J connectivity index is 2.14. The van der Waals surface area contributed by atoms with Gasteiger partial charge in [-0.3, -0.25) is 0 Å². The van der Waals surface area contributed by atoms with Crippen LogP contribution in [0.25, 0.3) is 0 Å². The molecule has 2 N–H and O–H groups in total. The van der Waals surface area contributed by atoms with Crippen LogP contribution in [0, 0.1) is 13.8 Å². The minimum absolute atomic E-state index is 0.246. The molecule has 0 bridgehead atoms. The van der Waals surface area contributed by atoms with Crippen LogP contribution >= 0.6 is 0 Å². The summed E-state index contributed by atoms with van der Waals surface area (Å²) < 4.78 is 5.95. The topological polar surface area (TPSA) is 41.5 Å². The van der Waals surface area contributed by atoms with E-state index in [2.05, 4.69) is 31.3 Å². The maximum Gasteiger partial charge on any atom is 0.133 e. The highest BCUT2D eigenvalue weighted by Crippen LogP contribution is 2.30. The van der Waals surface area contributed by atoms with Crippen molar-refractivity contribution in [3.63, 3.8) is 0 Å². The minimum Gasteiger partial charge on any atom is -0.508 e. The Morgan fingerprint density at radius 1 is 1.05 bits per heavy atom. The second kappa shape index (κ2) is 7.14. The zero-order valence-electron chi connectivity index (χ0n) is 12.9. The van der Waals surface area contributed by atoms with Crippen LogP contribution in [0.1, 0.15) is 23.1 Å². The Labute approximate surface area is 126 Å². The predicted octanol–water partition coefficient (Wildman–Crippen LogP) is 3.95. The van der Waals surface area contributed by atoms with E-state index in [0.717, 1.165) is 42.0 Å². The van der Waals surface area contributed by atoms with Crippen LogP contribution in [0.5, 0.6) is 17.2 Å². The maximum atomic E-state index is 9.31. The van der Waals surface area contributed by atoms with Crippen LogP contribution in [0.3, 0.4) is 0 Å². The Kier molecular flexibility index (Phi) is 5.23. The SMILES string of the molecule is CNCCCc1cc(C)c(Oc2ccc(O)cc2)c(C)c1. The van der Waals surface area contributed by atoms with Crippen molar-refractivity contribution in [2.45, 2.75) is 26.7 Å². The summed E-state index contributed by atoms with van der Waals surface area (Å²) >= 11 is 0. The molecule has 0 saturated carbocycles. The Bertz CT molecular complexity index is 568. The predicted molar refractivity (Wildman–Crippen MR) is 86.3 cm³/mol. The van der Waals surface area contributed by atoms with Gasteiger partial charge in [-0.2, -0.15) is 0 Å². The summed E-state index contributed by atoms with van der Waals surface area (Å²) in [7, 11) is 1.98. The lowest BCUT2D eigenvalue weighted by atomic mass is 10.0. The van der Waals surface area contributed by atoms with E-state index in [0.29, 0.717) is 0 Å². The van der Waals surface area contributed by atoms with Crippen molar-refractivity contribution in [3.05, 3.63) is 53.1 Å². The molecule has 21 heavy (non-hydrogen) atoms. The van der Waals surface area contributed by atoms with Gasteiger partial charge in [0.25, 0.3) is 0 Å². The van der Waals surface area contributed by atoms with Gasteiger partial charge in [0.15, 0.2) is 0 Å². The van der Waals surface area contributed by atoms with Crippen molar-refractivity contribution in [2.24, 2.45) is 0 Å². The molecule has 0 fully saturated rings. The van der Waals surface area contributed by atoms with Gasteiger partial charge in [0, 0.05) is 0 Å². The third kappa shape index (κ3) is 4.23. The summed E-state index contributed by atoms with van der Waals surface area (Å²) in [5.74, 6) is 1.88. The fourth-order valence-corrected chi connectivity index (χ4v) is 2.45. The van der Waals surface area contributed by atoms with Gasteiger partial charge in [-0.25, -0.2) is 0 Å². The molecule has 2 aromatic carbocycles. The van der Waals surface area contributed by atoms with Crippen molar-refractivity contribution >= 4 is 0 Å². The largest absolute Gasteiger partial charge is 0.508 e. The number of aryl methyl sites for hydroxylation is 3. The van der Waals surface area contributed by atoms with Crippen LogP contribution in [0.2, 0.25) is 0 Å². The third-order valence-electron chi connectivity index (χ3n) is 3.47. The number of aromatic hydroxyl groups is 1. The van der Waals surface area contributed by atoms with Crippen LogP contribution in [0.15, 0.2) is 36.4 Å². The zero-order chi connectivity index (χ0) is 15.2. The molecule has 112 valence electrons. The molecule has 2 aromatic rings. The molecule has 0 aliphatic heterocycles. The normalized spacial score (nSPS) is 10.6. The van der Waals surface area contributed by atoms with Crippen LogP contribution in [-0.2, 0) is 6.42 Å². The van der Waals surface area contributed by atoms with E-state index >= 15 is 0 Å². The molecule has 0 aromatic heterocycles. The molecule has 0 saturated heterocycles. The second-order valence-electron chi connectivity index (χ2n) is 5.36. The van der Waals surface area contributed by atoms with Gasteiger partial charge in [-0.1, -0.05) is 12.1 Å². The Morgan fingerprint density at radius 2 is 1.67 bits per heavy atom. The van der Waals surface area contributed by atoms with Crippen molar-refractivity contribution in [1.29, 1.82) is 0 Å².